The Balaban J connectivity index is 1.58. The summed E-state index contributed by atoms with van der Waals surface area (Å²) < 4.78 is 12.8. The summed E-state index contributed by atoms with van der Waals surface area (Å²) in [6.45, 7) is 6.42. The van der Waals surface area contributed by atoms with Crippen molar-refractivity contribution in [3.05, 3.63) is 76.5 Å². The SMILES string of the molecule is CCOC(=O)C1=C(C)Nc2nnnn2[C@H]1c1ccc(OCc2ccc(C)cc2)cc1. The number of nitrogens with zero attached hydrogens (tertiary/aromatic N) is 4. The van der Waals surface area contributed by atoms with Crippen LogP contribution in [0.25, 0.3) is 0 Å². The second kappa shape index (κ2) is 8.36. The molecule has 154 valence electrons. The van der Waals surface area contributed by atoms with Gasteiger partial charge in [-0.15, -0.1) is 0 Å². The molecule has 2 heterocycles. The van der Waals surface area contributed by atoms with Crippen LogP contribution in [0.3, 0.4) is 0 Å². The first-order chi connectivity index (χ1) is 14.6. The molecule has 0 spiro atoms. The molecule has 4 rings (SSSR count). The fraction of sp³-hybridized carbons (Fsp3) is 0.273. The maximum atomic E-state index is 12.6. The van der Waals surface area contributed by atoms with E-state index in [4.69, 9.17) is 9.47 Å². The largest absolute Gasteiger partial charge is 0.489 e. The van der Waals surface area contributed by atoms with E-state index in [1.54, 1.807) is 11.6 Å². The number of hydrogen-bond acceptors (Lipinski definition) is 7. The molecule has 1 aromatic heterocycles. The zero-order valence-electron chi connectivity index (χ0n) is 17.1. The van der Waals surface area contributed by atoms with Crippen LogP contribution in [-0.2, 0) is 16.1 Å². The predicted octanol–water partition coefficient (Wildman–Crippen LogP) is 3.41. The number of aryl methyl sites for hydroxylation is 1. The Morgan fingerprint density at radius 1 is 1.10 bits per heavy atom. The summed E-state index contributed by atoms with van der Waals surface area (Å²) >= 11 is 0. The fourth-order valence-electron chi connectivity index (χ4n) is 3.39. The van der Waals surface area contributed by atoms with E-state index in [1.165, 1.54) is 5.56 Å². The van der Waals surface area contributed by atoms with Crippen molar-refractivity contribution in [1.82, 2.24) is 20.2 Å². The van der Waals surface area contributed by atoms with Gasteiger partial charge in [-0.1, -0.05) is 47.1 Å². The summed E-state index contributed by atoms with van der Waals surface area (Å²) in [5.74, 6) is 0.821. The maximum absolute atomic E-state index is 12.6. The second-order valence-corrected chi connectivity index (χ2v) is 7.08. The number of ether oxygens (including phenoxy) is 2. The highest BCUT2D eigenvalue weighted by Gasteiger charge is 2.34. The van der Waals surface area contributed by atoms with Crippen LogP contribution in [0, 0.1) is 6.92 Å². The van der Waals surface area contributed by atoms with Crippen LogP contribution >= 0.6 is 0 Å². The minimum atomic E-state index is -0.485. The van der Waals surface area contributed by atoms with E-state index in [2.05, 4.69) is 52.0 Å². The molecule has 1 N–H and O–H groups in total. The molecule has 1 aliphatic heterocycles. The highest BCUT2D eigenvalue weighted by molar-refractivity contribution is 5.92. The Bertz CT molecular complexity index is 1070. The summed E-state index contributed by atoms with van der Waals surface area (Å²) in [6, 6.07) is 15.3. The summed E-state index contributed by atoms with van der Waals surface area (Å²) in [4.78, 5) is 12.6. The van der Waals surface area contributed by atoms with Crippen molar-refractivity contribution in [2.24, 2.45) is 0 Å². The number of hydrogen-bond donors (Lipinski definition) is 1. The van der Waals surface area contributed by atoms with Crippen LogP contribution in [0.15, 0.2) is 59.8 Å². The minimum Gasteiger partial charge on any atom is -0.489 e. The van der Waals surface area contributed by atoms with Gasteiger partial charge in [-0.3, -0.25) is 0 Å². The van der Waals surface area contributed by atoms with Crippen LogP contribution in [0.2, 0.25) is 0 Å². The molecule has 2 aromatic carbocycles. The van der Waals surface area contributed by atoms with Crippen molar-refractivity contribution in [2.45, 2.75) is 33.4 Å². The average Bonchev–Trinajstić information content (AvgIpc) is 3.21. The van der Waals surface area contributed by atoms with Crippen molar-refractivity contribution in [3.63, 3.8) is 0 Å². The number of fused-ring (bicyclic) bond motifs is 1. The summed E-state index contributed by atoms with van der Waals surface area (Å²) in [5, 5.41) is 14.9. The lowest BCUT2D eigenvalue weighted by molar-refractivity contribution is -0.139. The third kappa shape index (κ3) is 3.89. The van der Waals surface area contributed by atoms with Crippen LogP contribution in [0.5, 0.6) is 5.75 Å². The quantitative estimate of drug-likeness (QED) is 0.628. The number of tetrazole rings is 1. The predicted molar refractivity (Wildman–Crippen MR) is 111 cm³/mol. The first-order valence-electron chi connectivity index (χ1n) is 9.78. The first-order valence-corrected chi connectivity index (χ1v) is 9.78. The van der Waals surface area contributed by atoms with Gasteiger partial charge in [0.15, 0.2) is 0 Å². The number of nitrogens with one attached hydrogen (secondary N) is 1. The van der Waals surface area contributed by atoms with Gasteiger partial charge in [-0.25, -0.2) is 4.79 Å². The highest BCUT2D eigenvalue weighted by Crippen LogP contribution is 2.35. The molecule has 0 aliphatic carbocycles. The number of carbonyl (C=O) groups is 1. The molecule has 0 bridgehead atoms. The normalized spacial score (nSPS) is 15.4. The molecule has 3 aromatic rings. The Hall–Kier alpha value is -3.68. The minimum absolute atomic E-state index is 0.288. The molecule has 8 heteroatoms. The molecule has 0 radical (unpaired) electrons. The Kier molecular flexibility index (Phi) is 5.47. The molecular formula is C22H23N5O3. The van der Waals surface area contributed by atoms with Crippen LogP contribution in [0.4, 0.5) is 5.95 Å². The molecule has 8 nitrogen and oxygen atoms in total. The molecule has 0 saturated heterocycles. The fourth-order valence-corrected chi connectivity index (χ4v) is 3.39. The lowest BCUT2D eigenvalue weighted by atomic mass is 9.96. The van der Waals surface area contributed by atoms with Gasteiger partial charge in [0.25, 0.3) is 0 Å². The van der Waals surface area contributed by atoms with Gasteiger partial charge in [0, 0.05) is 5.70 Å². The van der Waals surface area contributed by atoms with E-state index in [1.807, 2.05) is 31.2 Å². The molecule has 0 amide bonds. The first kappa shape index (κ1) is 19.6. The number of esters is 1. The lowest BCUT2D eigenvalue weighted by Gasteiger charge is -2.27. The number of rotatable bonds is 6. The molecule has 0 fully saturated rings. The third-order valence-electron chi connectivity index (χ3n) is 4.93. The monoisotopic (exact) mass is 405 g/mol. The summed E-state index contributed by atoms with van der Waals surface area (Å²) in [6.07, 6.45) is 0. The number of aromatic nitrogens is 4. The van der Waals surface area contributed by atoms with E-state index < -0.39 is 12.0 Å². The third-order valence-corrected chi connectivity index (χ3v) is 4.93. The van der Waals surface area contributed by atoms with Crippen molar-refractivity contribution >= 4 is 11.9 Å². The van der Waals surface area contributed by atoms with Gasteiger partial charge in [0.05, 0.1) is 12.2 Å². The van der Waals surface area contributed by atoms with E-state index in [0.717, 1.165) is 16.9 Å². The van der Waals surface area contributed by atoms with Crippen LogP contribution < -0.4 is 10.1 Å². The van der Waals surface area contributed by atoms with E-state index >= 15 is 0 Å². The molecular weight excluding hydrogens is 382 g/mol. The van der Waals surface area contributed by atoms with Crippen LogP contribution in [0.1, 0.15) is 36.6 Å². The standard InChI is InChI=1S/C22H23N5O3/c1-4-29-21(28)19-15(3)23-22-24-25-26-27(22)20(19)17-9-11-18(12-10-17)30-13-16-7-5-14(2)6-8-16/h5-12,20H,4,13H2,1-3H3,(H,23,24,26)/t20-/m0/s1. The average molecular weight is 405 g/mol. The van der Waals surface area contributed by atoms with Crippen LogP contribution in [-0.4, -0.2) is 32.8 Å². The van der Waals surface area contributed by atoms with Gasteiger partial charge in [0.2, 0.25) is 5.95 Å². The Morgan fingerprint density at radius 3 is 2.53 bits per heavy atom. The second-order valence-electron chi connectivity index (χ2n) is 7.08. The topological polar surface area (TPSA) is 91.2 Å². The number of allylic oxidation sites excluding steroid dienone is 1. The molecule has 0 saturated carbocycles. The lowest BCUT2D eigenvalue weighted by Crippen LogP contribution is -2.29. The highest BCUT2D eigenvalue weighted by atomic mass is 16.5. The zero-order chi connectivity index (χ0) is 21.1. The van der Waals surface area contributed by atoms with Gasteiger partial charge in [-0.2, -0.15) is 4.68 Å². The summed E-state index contributed by atoms with van der Waals surface area (Å²) in [5.41, 5.74) is 4.32. The van der Waals surface area contributed by atoms with Crippen molar-refractivity contribution in [3.8, 4) is 5.75 Å². The Morgan fingerprint density at radius 2 is 1.83 bits per heavy atom. The van der Waals surface area contributed by atoms with Crippen molar-refractivity contribution in [1.29, 1.82) is 0 Å². The molecule has 1 atom stereocenters. The van der Waals surface area contributed by atoms with Gasteiger partial charge in [0.1, 0.15) is 18.4 Å². The molecule has 1 aliphatic rings. The van der Waals surface area contributed by atoms with E-state index in [0.29, 0.717) is 23.8 Å². The van der Waals surface area contributed by atoms with E-state index in [9.17, 15) is 4.79 Å². The number of carbonyl (C=O) groups excluding carboxylic acids is 1. The van der Waals surface area contributed by atoms with Crippen molar-refractivity contribution in [2.75, 3.05) is 11.9 Å². The molecule has 30 heavy (non-hydrogen) atoms. The maximum Gasteiger partial charge on any atom is 0.338 e. The number of anilines is 1. The van der Waals surface area contributed by atoms with Gasteiger partial charge in [-0.05, 0) is 54.5 Å². The smallest absolute Gasteiger partial charge is 0.338 e. The van der Waals surface area contributed by atoms with Gasteiger partial charge < -0.3 is 14.8 Å². The summed E-state index contributed by atoms with van der Waals surface area (Å²) in [7, 11) is 0. The molecule has 0 unspecified atom stereocenters. The van der Waals surface area contributed by atoms with E-state index in [-0.39, 0.29) is 6.61 Å². The number of benzene rings is 2. The van der Waals surface area contributed by atoms with Crippen molar-refractivity contribution < 1.29 is 14.3 Å². The zero-order valence-corrected chi connectivity index (χ0v) is 17.1. The van der Waals surface area contributed by atoms with Gasteiger partial charge >= 0.3 is 5.97 Å². The Labute approximate surface area is 174 Å².